The Bertz CT molecular complexity index is 681. The van der Waals surface area contributed by atoms with Crippen LogP contribution in [0.25, 0.3) is 0 Å². The average molecular weight is 382 g/mol. The van der Waals surface area contributed by atoms with Crippen molar-refractivity contribution in [2.24, 2.45) is 5.73 Å². The van der Waals surface area contributed by atoms with Crippen LogP contribution in [0, 0.1) is 6.92 Å². The summed E-state index contributed by atoms with van der Waals surface area (Å²) in [5.74, 6) is -1.46. The van der Waals surface area contributed by atoms with Crippen molar-refractivity contribution in [3.63, 3.8) is 0 Å². The van der Waals surface area contributed by atoms with Crippen molar-refractivity contribution in [2.75, 3.05) is 51.7 Å². The molecule has 26 heavy (non-hydrogen) atoms. The van der Waals surface area contributed by atoms with Crippen molar-refractivity contribution in [1.29, 1.82) is 0 Å². The minimum Gasteiger partial charge on any atom is -0.465 e. The Labute approximate surface area is 157 Å². The lowest BCUT2D eigenvalue weighted by molar-refractivity contribution is -0.117. The maximum atomic E-state index is 12.4. The molecule has 0 aromatic carbocycles. The second-order valence-electron chi connectivity index (χ2n) is 6.28. The number of hydrogen-bond acceptors (Lipinski definition) is 7. The van der Waals surface area contributed by atoms with Gasteiger partial charge in [-0.1, -0.05) is 6.92 Å². The third kappa shape index (κ3) is 4.80. The predicted molar refractivity (Wildman–Crippen MR) is 101 cm³/mol. The zero-order valence-corrected chi connectivity index (χ0v) is 16.3. The van der Waals surface area contributed by atoms with Crippen molar-refractivity contribution in [1.82, 2.24) is 9.80 Å². The molecule has 144 valence electrons. The highest BCUT2D eigenvalue weighted by atomic mass is 32.1. The third-order valence-electron chi connectivity index (χ3n) is 4.39. The van der Waals surface area contributed by atoms with E-state index in [2.05, 4.69) is 22.0 Å². The van der Waals surface area contributed by atoms with Gasteiger partial charge >= 0.3 is 5.97 Å². The number of primary amides is 1. The topological polar surface area (TPSA) is 105 Å². The molecule has 1 aromatic heterocycles. The van der Waals surface area contributed by atoms with E-state index in [-0.39, 0.29) is 22.9 Å². The van der Waals surface area contributed by atoms with Crippen LogP contribution >= 0.6 is 11.3 Å². The molecule has 1 aliphatic rings. The molecule has 3 N–H and O–H groups in total. The summed E-state index contributed by atoms with van der Waals surface area (Å²) in [6.45, 7) is 8.63. The first-order valence-corrected chi connectivity index (χ1v) is 9.45. The number of thiophene rings is 1. The van der Waals surface area contributed by atoms with Crippen LogP contribution in [0.4, 0.5) is 5.00 Å². The fraction of sp³-hybridized carbons (Fsp3) is 0.588. The fourth-order valence-corrected chi connectivity index (χ4v) is 4.10. The lowest BCUT2D eigenvalue weighted by Gasteiger charge is -2.34. The molecule has 8 nitrogen and oxygen atoms in total. The first kappa shape index (κ1) is 20.3. The number of rotatable bonds is 7. The van der Waals surface area contributed by atoms with Gasteiger partial charge in [0.15, 0.2) is 0 Å². The summed E-state index contributed by atoms with van der Waals surface area (Å²) >= 11 is 1.00. The molecule has 0 bridgehead atoms. The highest BCUT2D eigenvalue weighted by Crippen LogP contribution is 2.33. The van der Waals surface area contributed by atoms with Gasteiger partial charge < -0.3 is 20.7 Å². The normalized spacial score (nSPS) is 15.7. The van der Waals surface area contributed by atoms with Crippen molar-refractivity contribution >= 4 is 34.1 Å². The van der Waals surface area contributed by atoms with E-state index in [0.717, 1.165) is 50.5 Å². The van der Waals surface area contributed by atoms with Crippen molar-refractivity contribution in [3.8, 4) is 0 Å². The Balaban J connectivity index is 2.04. The molecule has 0 aliphatic carbocycles. The molecule has 0 spiro atoms. The zero-order valence-electron chi connectivity index (χ0n) is 15.5. The van der Waals surface area contributed by atoms with E-state index in [1.54, 1.807) is 6.92 Å². The van der Waals surface area contributed by atoms with Crippen molar-refractivity contribution in [3.05, 3.63) is 16.0 Å². The predicted octanol–water partition coefficient (Wildman–Crippen LogP) is 0.908. The van der Waals surface area contributed by atoms with Gasteiger partial charge in [0.2, 0.25) is 5.91 Å². The first-order valence-electron chi connectivity index (χ1n) is 8.63. The van der Waals surface area contributed by atoms with Gasteiger partial charge in [0.1, 0.15) is 5.00 Å². The number of nitrogens with two attached hydrogens (primary N) is 1. The number of methoxy groups -OCH3 is 1. The van der Waals surface area contributed by atoms with Gasteiger partial charge in [-0.15, -0.1) is 11.3 Å². The molecule has 0 saturated carbocycles. The van der Waals surface area contributed by atoms with E-state index >= 15 is 0 Å². The standard InChI is InChI=1S/C17H26N4O4S/c1-4-5-20-6-8-21(9-7-20)10-12(22)19-16-13(17(24)25-3)11(2)14(26-16)15(18)23/h4-10H2,1-3H3,(H2,18,23)(H,19,22). The number of esters is 1. The largest absolute Gasteiger partial charge is 0.465 e. The highest BCUT2D eigenvalue weighted by molar-refractivity contribution is 7.18. The molecular weight excluding hydrogens is 356 g/mol. The van der Waals surface area contributed by atoms with Crippen LogP contribution in [0.15, 0.2) is 0 Å². The third-order valence-corrected chi connectivity index (χ3v) is 5.61. The van der Waals surface area contributed by atoms with Crippen molar-refractivity contribution in [2.45, 2.75) is 20.3 Å². The molecule has 0 unspecified atom stereocenters. The number of piperazine rings is 1. The minimum atomic E-state index is -0.634. The smallest absolute Gasteiger partial charge is 0.341 e. The highest BCUT2D eigenvalue weighted by Gasteiger charge is 2.26. The van der Waals surface area contributed by atoms with Crippen LogP contribution in [0.3, 0.4) is 0 Å². The lowest BCUT2D eigenvalue weighted by atomic mass is 10.1. The van der Waals surface area contributed by atoms with Crippen LogP contribution < -0.4 is 11.1 Å². The molecule has 2 amide bonds. The molecule has 0 radical (unpaired) electrons. The molecular formula is C17H26N4O4S. The summed E-state index contributed by atoms with van der Waals surface area (Å²) in [4.78, 5) is 40.7. The minimum absolute atomic E-state index is 0.187. The number of anilines is 1. The zero-order chi connectivity index (χ0) is 19.3. The van der Waals surface area contributed by atoms with E-state index < -0.39 is 11.9 Å². The lowest BCUT2D eigenvalue weighted by Crippen LogP contribution is -2.48. The summed E-state index contributed by atoms with van der Waals surface area (Å²) in [5, 5.41) is 3.04. The quantitative estimate of drug-likeness (QED) is 0.679. The number of nitrogens with zero attached hydrogens (tertiary/aromatic N) is 2. The number of carbonyl (C=O) groups is 3. The number of amides is 2. The van der Waals surface area contributed by atoms with E-state index in [0.29, 0.717) is 10.6 Å². The van der Waals surface area contributed by atoms with Crippen LogP contribution in [-0.4, -0.2) is 74.0 Å². The van der Waals surface area contributed by atoms with Gasteiger partial charge in [0, 0.05) is 26.2 Å². The fourth-order valence-electron chi connectivity index (χ4n) is 3.04. The van der Waals surface area contributed by atoms with E-state index in [4.69, 9.17) is 10.5 Å². The second kappa shape index (κ2) is 9.11. The SMILES string of the molecule is CCCN1CCN(CC(=O)Nc2sc(C(N)=O)c(C)c2C(=O)OC)CC1. The van der Waals surface area contributed by atoms with E-state index in [1.807, 2.05) is 0 Å². The van der Waals surface area contributed by atoms with Crippen LogP contribution in [-0.2, 0) is 9.53 Å². The average Bonchev–Trinajstić information content (AvgIpc) is 2.92. The first-order chi connectivity index (χ1) is 12.4. The van der Waals surface area contributed by atoms with Crippen LogP contribution in [0.2, 0.25) is 0 Å². The summed E-state index contributed by atoms with van der Waals surface area (Å²) < 4.78 is 4.77. The molecule has 9 heteroatoms. The molecule has 0 atom stereocenters. The van der Waals surface area contributed by atoms with Gasteiger partial charge in [-0.05, 0) is 25.5 Å². The van der Waals surface area contributed by atoms with Gasteiger partial charge in [-0.2, -0.15) is 0 Å². The van der Waals surface area contributed by atoms with Crippen molar-refractivity contribution < 1.29 is 19.1 Å². The molecule has 2 heterocycles. The Morgan fingerprint density at radius 1 is 1.19 bits per heavy atom. The Morgan fingerprint density at radius 3 is 2.35 bits per heavy atom. The maximum absolute atomic E-state index is 12.4. The van der Waals surface area contributed by atoms with Crippen LogP contribution in [0.1, 0.15) is 38.9 Å². The van der Waals surface area contributed by atoms with Gasteiger partial charge in [-0.3, -0.25) is 14.5 Å². The summed E-state index contributed by atoms with van der Waals surface area (Å²) in [5.41, 5.74) is 5.97. The van der Waals surface area contributed by atoms with Gasteiger partial charge in [-0.25, -0.2) is 4.79 Å². The second-order valence-corrected chi connectivity index (χ2v) is 7.30. The summed E-state index contributed by atoms with van der Waals surface area (Å²) in [6.07, 6.45) is 1.12. The number of hydrogen-bond donors (Lipinski definition) is 2. The van der Waals surface area contributed by atoms with Gasteiger partial charge in [0.25, 0.3) is 5.91 Å². The Morgan fingerprint density at radius 2 is 1.81 bits per heavy atom. The maximum Gasteiger partial charge on any atom is 0.341 e. The number of carbonyl (C=O) groups excluding carboxylic acids is 3. The molecule has 1 aromatic rings. The molecule has 2 rings (SSSR count). The van der Waals surface area contributed by atoms with E-state index in [1.165, 1.54) is 7.11 Å². The number of nitrogens with one attached hydrogen (secondary N) is 1. The molecule has 1 fully saturated rings. The Hall–Kier alpha value is -1.97. The monoisotopic (exact) mass is 382 g/mol. The molecule has 1 saturated heterocycles. The van der Waals surface area contributed by atoms with Crippen LogP contribution in [0.5, 0.6) is 0 Å². The van der Waals surface area contributed by atoms with E-state index in [9.17, 15) is 14.4 Å². The summed E-state index contributed by atoms with van der Waals surface area (Å²) in [7, 11) is 1.25. The summed E-state index contributed by atoms with van der Waals surface area (Å²) in [6, 6.07) is 0. The Kier molecular flexibility index (Phi) is 7.13. The number of ether oxygens (including phenoxy) is 1. The molecule has 1 aliphatic heterocycles. The van der Waals surface area contributed by atoms with Gasteiger partial charge in [0.05, 0.1) is 24.1 Å².